The van der Waals surface area contributed by atoms with Gasteiger partial charge in [0.05, 0.1) is 23.1 Å². The Morgan fingerprint density at radius 1 is 1.41 bits per heavy atom. The molecule has 1 heterocycles. The van der Waals surface area contributed by atoms with E-state index in [9.17, 15) is 14.9 Å². The molecule has 2 fully saturated rings. The summed E-state index contributed by atoms with van der Waals surface area (Å²) in [7, 11) is 0. The molecule has 22 heavy (non-hydrogen) atoms. The molecule has 0 bridgehead atoms. The molecule has 1 amide bonds. The number of benzene rings is 1. The van der Waals surface area contributed by atoms with E-state index < -0.39 is 4.92 Å². The minimum absolute atomic E-state index is 0.0129. The lowest BCUT2D eigenvalue weighted by molar-refractivity contribution is -0.384. The number of nitro groups is 1. The van der Waals surface area contributed by atoms with Crippen molar-refractivity contribution in [1.82, 2.24) is 0 Å². The first-order valence-corrected chi connectivity index (χ1v) is 7.77. The second-order valence-electron chi connectivity index (χ2n) is 5.85. The molecule has 1 saturated heterocycles. The Balaban J connectivity index is 1.89. The zero-order valence-corrected chi connectivity index (χ0v) is 12.8. The Morgan fingerprint density at radius 2 is 2.18 bits per heavy atom. The lowest BCUT2D eigenvalue weighted by Crippen LogP contribution is -2.38. The maximum atomic E-state index is 12.7. The molecule has 3 rings (SSSR count). The predicted octanol–water partition coefficient (Wildman–Crippen LogP) is 3.03. The van der Waals surface area contributed by atoms with Crippen LogP contribution in [0.1, 0.15) is 19.3 Å². The summed E-state index contributed by atoms with van der Waals surface area (Å²) in [4.78, 5) is 24.9. The van der Waals surface area contributed by atoms with Crippen LogP contribution in [0.3, 0.4) is 0 Å². The number of amides is 1. The standard InChI is InChI=1S/C15H17ClN2O4/c16-13-4-3-12(7-14(13)18(20)21)17(8-10-1-2-10)15(19)11-5-6-22-9-11/h3-4,7,10-11H,1-2,5-6,8-9H2/t11-/m1/s1. The number of hydrogen-bond donors (Lipinski definition) is 0. The van der Waals surface area contributed by atoms with Crippen molar-refractivity contribution in [3.8, 4) is 0 Å². The van der Waals surface area contributed by atoms with Crippen molar-refractivity contribution >= 4 is 28.9 Å². The van der Waals surface area contributed by atoms with Crippen LogP contribution in [0, 0.1) is 22.0 Å². The first kappa shape index (κ1) is 15.2. The van der Waals surface area contributed by atoms with Crippen LogP contribution in [-0.4, -0.2) is 30.6 Å². The quantitative estimate of drug-likeness (QED) is 0.616. The minimum Gasteiger partial charge on any atom is -0.381 e. The van der Waals surface area contributed by atoms with E-state index in [4.69, 9.17) is 16.3 Å². The van der Waals surface area contributed by atoms with Gasteiger partial charge in [0.15, 0.2) is 0 Å². The normalized spacial score (nSPS) is 20.9. The van der Waals surface area contributed by atoms with Crippen LogP contribution in [0.4, 0.5) is 11.4 Å². The molecule has 1 aliphatic carbocycles. The van der Waals surface area contributed by atoms with Crippen molar-refractivity contribution in [2.24, 2.45) is 11.8 Å². The van der Waals surface area contributed by atoms with Gasteiger partial charge in [-0.15, -0.1) is 0 Å². The van der Waals surface area contributed by atoms with Gasteiger partial charge in [-0.25, -0.2) is 0 Å². The van der Waals surface area contributed by atoms with E-state index in [1.807, 2.05) is 0 Å². The Labute approximate surface area is 133 Å². The number of nitro benzene ring substituents is 1. The molecule has 1 saturated carbocycles. The van der Waals surface area contributed by atoms with Crippen LogP contribution in [0.2, 0.25) is 5.02 Å². The van der Waals surface area contributed by atoms with Crippen molar-refractivity contribution in [1.29, 1.82) is 0 Å². The van der Waals surface area contributed by atoms with Crippen molar-refractivity contribution in [3.05, 3.63) is 33.3 Å². The molecule has 6 nitrogen and oxygen atoms in total. The van der Waals surface area contributed by atoms with Gasteiger partial charge in [-0.2, -0.15) is 0 Å². The van der Waals surface area contributed by atoms with E-state index >= 15 is 0 Å². The Hall–Kier alpha value is -1.66. The van der Waals surface area contributed by atoms with E-state index in [1.54, 1.807) is 11.0 Å². The molecule has 1 aliphatic heterocycles. The lowest BCUT2D eigenvalue weighted by atomic mass is 10.1. The highest BCUT2D eigenvalue weighted by Crippen LogP contribution is 2.35. The highest BCUT2D eigenvalue weighted by Gasteiger charge is 2.33. The molecule has 0 aromatic heterocycles. The van der Waals surface area contributed by atoms with Crippen molar-refractivity contribution in [2.75, 3.05) is 24.7 Å². The van der Waals surface area contributed by atoms with Gasteiger partial charge >= 0.3 is 0 Å². The maximum absolute atomic E-state index is 12.7. The monoisotopic (exact) mass is 324 g/mol. The average molecular weight is 325 g/mol. The van der Waals surface area contributed by atoms with Crippen molar-refractivity contribution < 1.29 is 14.5 Å². The fourth-order valence-electron chi connectivity index (χ4n) is 2.64. The van der Waals surface area contributed by atoms with Gasteiger partial charge < -0.3 is 9.64 Å². The van der Waals surface area contributed by atoms with E-state index in [0.29, 0.717) is 37.8 Å². The van der Waals surface area contributed by atoms with Gasteiger partial charge in [0.1, 0.15) is 5.02 Å². The summed E-state index contributed by atoms with van der Waals surface area (Å²) < 4.78 is 5.29. The number of anilines is 1. The molecule has 7 heteroatoms. The van der Waals surface area contributed by atoms with E-state index in [2.05, 4.69) is 0 Å². The van der Waals surface area contributed by atoms with E-state index in [0.717, 1.165) is 12.8 Å². The van der Waals surface area contributed by atoms with Gasteiger partial charge in [-0.05, 0) is 37.3 Å². The zero-order valence-electron chi connectivity index (χ0n) is 12.0. The Kier molecular flexibility index (Phi) is 4.31. The molecule has 0 N–H and O–H groups in total. The number of halogens is 1. The molecule has 0 radical (unpaired) electrons. The summed E-state index contributed by atoms with van der Waals surface area (Å²) in [6.45, 7) is 1.62. The van der Waals surface area contributed by atoms with E-state index in [-0.39, 0.29) is 22.5 Å². The Bertz CT molecular complexity index is 597. The largest absolute Gasteiger partial charge is 0.381 e. The summed E-state index contributed by atoms with van der Waals surface area (Å²) in [5.74, 6) is 0.315. The topological polar surface area (TPSA) is 72.7 Å². The van der Waals surface area contributed by atoms with Gasteiger partial charge in [0.25, 0.3) is 5.69 Å². The number of ether oxygens (including phenoxy) is 1. The highest BCUT2D eigenvalue weighted by molar-refractivity contribution is 6.32. The Morgan fingerprint density at radius 3 is 2.77 bits per heavy atom. The van der Waals surface area contributed by atoms with Crippen molar-refractivity contribution in [2.45, 2.75) is 19.3 Å². The molecule has 1 aromatic rings. The zero-order chi connectivity index (χ0) is 15.7. The number of nitrogens with zero attached hydrogens (tertiary/aromatic N) is 2. The lowest BCUT2D eigenvalue weighted by Gasteiger charge is -2.25. The van der Waals surface area contributed by atoms with Gasteiger partial charge in [0, 0.05) is 19.2 Å². The van der Waals surface area contributed by atoms with E-state index in [1.165, 1.54) is 12.1 Å². The smallest absolute Gasteiger partial charge is 0.289 e. The molecule has 0 unspecified atom stereocenters. The molecular weight excluding hydrogens is 308 g/mol. The molecule has 1 atom stereocenters. The van der Waals surface area contributed by atoms with Crippen LogP contribution in [0.25, 0.3) is 0 Å². The third-order valence-corrected chi connectivity index (χ3v) is 4.44. The summed E-state index contributed by atoms with van der Waals surface area (Å²) in [6, 6.07) is 4.54. The minimum atomic E-state index is -0.524. The third-order valence-electron chi connectivity index (χ3n) is 4.12. The predicted molar refractivity (Wildman–Crippen MR) is 82.1 cm³/mol. The first-order valence-electron chi connectivity index (χ1n) is 7.39. The first-order chi connectivity index (χ1) is 10.6. The summed E-state index contributed by atoms with van der Waals surface area (Å²) in [5.41, 5.74) is 0.371. The third kappa shape index (κ3) is 3.23. The molecule has 1 aromatic carbocycles. The van der Waals surface area contributed by atoms with Crippen LogP contribution < -0.4 is 4.90 Å². The molecule has 2 aliphatic rings. The van der Waals surface area contributed by atoms with Crippen molar-refractivity contribution in [3.63, 3.8) is 0 Å². The van der Waals surface area contributed by atoms with Crippen LogP contribution in [0.15, 0.2) is 18.2 Å². The summed E-state index contributed by atoms with van der Waals surface area (Å²) in [5, 5.41) is 11.1. The van der Waals surface area contributed by atoms with Crippen LogP contribution >= 0.6 is 11.6 Å². The summed E-state index contributed by atoms with van der Waals surface area (Å²) >= 11 is 5.86. The fraction of sp³-hybridized carbons (Fsp3) is 0.533. The second kappa shape index (κ2) is 6.22. The number of carbonyl (C=O) groups is 1. The van der Waals surface area contributed by atoms with Crippen LogP contribution in [0.5, 0.6) is 0 Å². The van der Waals surface area contributed by atoms with Gasteiger partial charge in [0.2, 0.25) is 5.91 Å². The fourth-order valence-corrected chi connectivity index (χ4v) is 2.83. The number of carbonyl (C=O) groups excluding carboxylic acids is 1. The second-order valence-corrected chi connectivity index (χ2v) is 6.25. The summed E-state index contributed by atoms with van der Waals surface area (Å²) in [6.07, 6.45) is 2.90. The highest BCUT2D eigenvalue weighted by atomic mass is 35.5. The maximum Gasteiger partial charge on any atom is 0.289 e. The van der Waals surface area contributed by atoms with Crippen LogP contribution in [-0.2, 0) is 9.53 Å². The SMILES string of the molecule is O=C([C@@H]1CCOC1)N(CC1CC1)c1ccc(Cl)c([N+](=O)[O-])c1. The van der Waals surface area contributed by atoms with Gasteiger partial charge in [-0.3, -0.25) is 14.9 Å². The number of hydrogen-bond acceptors (Lipinski definition) is 4. The molecule has 118 valence electrons. The number of rotatable bonds is 5. The molecular formula is C15H17ClN2O4. The average Bonchev–Trinajstić information content (AvgIpc) is 3.14. The van der Waals surface area contributed by atoms with Gasteiger partial charge in [-0.1, -0.05) is 11.6 Å². The molecule has 0 spiro atoms.